The largest absolute Gasteiger partial charge is 0.393 e. The minimum atomic E-state index is -0.143. The zero-order chi connectivity index (χ0) is 10.4. The number of rotatable bonds is 4. The molecule has 1 atom stereocenters. The van der Waals surface area contributed by atoms with Gasteiger partial charge >= 0.3 is 0 Å². The lowest BCUT2D eigenvalue weighted by molar-refractivity contribution is 0.137. The van der Waals surface area contributed by atoms with Crippen LogP contribution >= 0.6 is 0 Å². The molecule has 0 aromatic carbocycles. The lowest BCUT2D eigenvalue weighted by Crippen LogP contribution is -2.13. The Bertz CT molecular complexity index is 166. The molecule has 1 aliphatic carbocycles. The molecule has 0 heterocycles. The highest BCUT2D eigenvalue weighted by molar-refractivity contribution is 4.90. The van der Waals surface area contributed by atoms with Crippen molar-refractivity contribution in [3.63, 3.8) is 0 Å². The Morgan fingerprint density at radius 1 is 1.29 bits per heavy atom. The summed E-state index contributed by atoms with van der Waals surface area (Å²) in [6.45, 7) is 5.84. The van der Waals surface area contributed by atoms with Crippen LogP contribution in [0.15, 0.2) is 12.2 Å². The van der Waals surface area contributed by atoms with E-state index in [1.54, 1.807) is 0 Å². The maximum atomic E-state index is 9.80. The first-order chi connectivity index (χ1) is 6.68. The highest BCUT2D eigenvalue weighted by Crippen LogP contribution is 2.27. The van der Waals surface area contributed by atoms with Crippen LogP contribution in [0.2, 0.25) is 0 Å². The predicted octanol–water partition coefficient (Wildman–Crippen LogP) is 3.67. The first kappa shape index (κ1) is 11.8. The van der Waals surface area contributed by atoms with Crippen molar-refractivity contribution < 1.29 is 5.11 Å². The van der Waals surface area contributed by atoms with E-state index in [0.717, 1.165) is 24.3 Å². The minimum Gasteiger partial charge on any atom is -0.393 e. The second kappa shape index (κ2) is 6.23. The molecule has 0 radical (unpaired) electrons. The van der Waals surface area contributed by atoms with Gasteiger partial charge in [-0.05, 0) is 25.7 Å². The van der Waals surface area contributed by atoms with E-state index < -0.39 is 0 Å². The van der Waals surface area contributed by atoms with E-state index in [2.05, 4.69) is 6.58 Å². The topological polar surface area (TPSA) is 20.2 Å². The molecule has 0 saturated heterocycles. The Balaban J connectivity index is 2.23. The normalized spacial score (nSPS) is 21.6. The molecule has 1 heteroatoms. The van der Waals surface area contributed by atoms with Crippen molar-refractivity contribution in [2.45, 2.75) is 64.4 Å². The van der Waals surface area contributed by atoms with Crippen LogP contribution in [0, 0.1) is 5.92 Å². The van der Waals surface area contributed by atoms with Gasteiger partial charge in [-0.3, -0.25) is 0 Å². The van der Waals surface area contributed by atoms with Crippen LogP contribution in [0.25, 0.3) is 0 Å². The average molecular weight is 196 g/mol. The minimum absolute atomic E-state index is 0.143. The molecule has 1 saturated carbocycles. The van der Waals surface area contributed by atoms with E-state index in [0.29, 0.717) is 0 Å². The average Bonchev–Trinajstić information content (AvgIpc) is 2.31. The summed E-state index contributed by atoms with van der Waals surface area (Å²) < 4.78 is 0. The summed E-state index contributed by atoms with van der Waals surface area (Å²) in [4.78, 5) is 0. The summed E-state index contributed by atoms with van der Waals surface area (Å²) in [5.74, 6) is 0.770. The molecule has 0 aromatic rings. The van der Waals surface area contributed by atoms with Gasteiger partial charge in [0, 0.05) is 0 Å². The van der Waals surface area contributed by atoms with Crippen LogP contribution in [0.3, 0.4) is 0 Å². The fraction of sp³-hybridized carbons (Fsp3) is 0.846. The molecule has 0 aromatic heterocycles. The van der Waals surface area contributed by atoms with Gasteiger partial charge in [0.05, 0.1) is 6.10 Å². The van der Waals surface area contributed by atoms with Gasteiger partial charge in [0.25, 0.3) is 0 Å². The number of aliphatic hydroxyl groups excluding tert-OH is 1. The summed E-state index contributed by atoms with van der Waals surface area (Å²) in [6.07, 6.45) is 9.81. The van der Waals surface area contributed by atoms with E-state index in [4.69, 9.17) is 0 Å². The second-order valence-corrected chi connectivity index (χ2v) is 4.91. The Hall–Kier alpha value is -0.300. The van der Waals surface area contributed by atoms with Crippen LogP contribution < -0.4 is 0 Å². The molecular formula is C13H24O. The van der Waals surface area contributed by atoms with Gasteiger partial charge in [-0.2, -0.15) is 0 Å². The first-order valence-corrected chi connectivity index (χ1v) is 6.01. The zero-order valence-electron chi connectivity index (χ0n) is 9.47. The smallest absolute Gasteiger partial charge is 0.0579 e. The van der Waals surface area contributed by atoms with E-state index in [9.17, 15) is 5.11 Å². The van der Waals surface area contributed by atoms with Gasteiger partial charge in [-0.1, -0.05) is 44.1 Å². The van der Waals surface area contributed by atoms with Crippen LogP contribution in [0.1, 0.15) is 58.3 Å². The third-order valence-electron chi connectivity index (χ3n) is 3.16. The lowest BCUT2D eigenvalue weighted by Gasteiger charge is -2.18. The molecule has 1 rings (SSSR count). The third kappa shape index (κ3) is 4.80. The molecule has 1 fully saturated rings. The lowest BCUT2D eigenvalue weighted by atomic mass is 9.92. The fourth-order valence-corrected chi connectivity index (χ4v) is 2.47. The van der Waals surface area contributed by atoms with Crippen molar-refractivity contribution in [3.05, 3.63) is 12.2 Å². The fourth-order valence-electron chi connectivity index (χ4n) is 2.47. The first-order valence-electron chi connectivity index (χ1n) is 6.01. The molecule has 0 bridgehead atoms. The van der Waals surface area contributed by atoms with Gasteiger partial charge < -0.3 is 5.11 Å². The maximum Gasteiger partial charge on any atom is 0.0579 e. The SMILES string of the molecule is C=C(C)CC(O)CC1CCCCCC1. The quantitative estimate of drug-likeness (QED) is 0.537. The van der Waals surface area contributed by atoms with Crippen LogP contribution in [-0.4, -0.2) is 11.2 Å². The van der Waals surface area contributed by atoms with Gasteiger partial charge in [0.2, 0.25) is 0 Å². The monoisotopic (exact) mass is 196 g/mol. The van der Waals surface area contributed by atoms with Crippen LogP contribution in [0.5, 0.6) is 0 Å². The van der Waals surface area contributed by atoms with Gasteiger partial charge in [-0.15, -0.1) is 6.58 Å². The van der Waals surface area contributed by atoms with Gasteiger partial charge in [0.15, 0.2) is 0 Å². The molecule has 0 aliphatic heterocycles. The van der Waals surface area contributed by atoms with Gasteiger partial charge in [-0.25, -0.2) is 0 Å². The van der Waals surface area contributed by atoms with Crippen LogP contribution in [-0.2, 0) is 0 Å². The van der Waals surface area contributed by atoms with Crippen molar-refractivity contribution in [2.24, 2.45) is 5.92 Å². The molecule has 0 spiro atoms. The summed E-state index contributed by atoms with van der Waals surface area (Å²) in [6, 6.07) is 0. The Kier molecular flexibility index (Phi) is 5.24. The van der Waals surface area contributed by atoms with Crippen molar-refractivity contribution in [1.82, 2.24) is 0 Å². The zero-order valence-corrected chi connectivity index (χ0v) is 9.47. The highest BCUT2D eigenvalue weighted by atomic mass is 16.3. The number of aliphatic hydroxyl groups is 1. The van der Waals surface area contributed by atoms with Gasteiger partial charge in [0.1, 0.15) is 0 Å². The predicted molar refractivity (Wildman–Crippen MR) is 61.2 cm³/mol. The Morgan fingerprint density at radius 3 is 2.36 bits per heavy atom. The highest BCUT2D eigenvalue weighted by Gasteiger charge is 2.16. The summed E-state index contributed by atoms with van der Waals surface area (Å²) >= 11 is 0. The second-order valence-electron chi connectivity index (χ2n) is 4.91. The molecule has 1 nitrogen and oxygen atoms in total. The van der Waals surface area contributed by atoms with Crippen molar-refractivity contribution >= 4 is 0 Å². The maximum absolute atomic E-state index is 9.80. The van der Waals surface area contributed by atoms with Crippen molar-refractivity contribution in [3.8, 4) is 0 Å². The molecule has 1 aliphatic rings. The number of hydrogen-bond acceptors (Lipinski definition) is 1. The molecule has 1 N–H and O–H groups in total. The molecule has 14 heavy (non-hydrogen) atoms. The van der Waals surface area contributed by atoms with E-state index in [-0.39, 0.29) is 6.10 Å². The Morgan fingerprint density at radius 2 is 1.86 bits per heavy atom. The van der Waals surface area contributed by atoms with E-state index >= 15 is 0 Å². The summed E-state index contributed by atoms with van der Waals surface area (Å²) in [7, 11) is 0. The van der Waals surface area contributed by atoms with E-state index in [1.807, 2.05) is 6.92 Å². The Labute approximate surface area is 88.2 Å². The number of hydrogen-bond donors (Lipinski definition) is 1. The molecule has 0 amide bonds. The molecule has 1 unspecified atom stereocenters. The van der Waals surface area contributed by atoms with Crippen molar-refractivity contribution in [1.29, 1.82) is 0 Å². The van der Waals surface area contributed by atoms with Crippen molar-refractivity contribution in [2.75, 3.05) is 0 Å². The van der Waals surface area contributed by atoms with Crippen LogP contribution in [0.4, 0.5) is 0 Å². The third-order valence-corrected chi connectivity index (χ3v) is 3.16. The standard InChI is InChI=1S/C13H24O/c1-11(2)9-13(14)10-12-7-5-3-4-6-8-12/h12-14H,1,3-10H2,2H3. The summed E-state index contributed by atoms with van der Waals surface area (Å²) in [5, 5.41) is 9.80. The molecular weight excluding hydrogens is 172 g/mol. The molecule has 82 valence electrons. The van der Waals surface area contributed by atoms with E-state index in [1.165, 1.54) is 38.5 Å². The summed E-state index contributed by atoms with van der Waals surface area (Å²) in [5.41, 5.74) is 1.10.